The predicted octanol–water partition coefficient (Wildman–Crippen LogP) is 2.37. The fourth-order valence-electron chi connectivity index (χ4n) is 1.39. The van der Waals surface area contributed by atoms with Crippen molar-refractivity contribution in [3.8, 4) is 0 Å². The monoisotopic (exact) mass is 202 g/mol. The van der Waals surface area contributed by atoms with Gasteiger partial charge in [-0.1, -0.05) is 30.3 Å². The third-order valence-electron chi connectivity index (χ3n) is 2.11. The van der Waals surface area contributed by atoms with Gasteiger partial charge >= 0.3 is 0 Å². The van der Waals surface area contributed by atoms with E-state index in [4.69, 9.17) is 4.74 Å². The summed E-state index contributed by atoms with van der Waals surface area (Å²) in [6.07, 6.45) is 3.74. The molecule has 0 unspecified atom stereocenters. The fraction of sp³-hybridized carbons (Fsp3) is 0.250. The zero-order valence-electron chi connectivity index (χ0n) is 8.76. The summed E-state index contributed by atoms with van der Waals surface area (Å²) >= 11 is 0. The van der Waals surface area contributed by atoms with Gasteiger partial charge in [0.25, 0.3) is 0 Å². The van der Waals surface area contributed by atoms with Crippen LogP contribution in [0.15, 0.2) is 42.9 Å². The van der Waals surface area contributed by atoms with E-state index >= 15 is 0 Å². The summed E-state index contributed by atoms with van der Waals surface area (Å²) in [6, 6.07) is 10.1. The van der Waals surface area contributed by atoms with E-state index in [2.05, 4.69) is 17.1 Å². The molecule has 0 bridgehead atoms. The van der Waals surface area contributed by atoms with Crippen LogP contribution in [0.3, 0.4) is 0 Å². The second-order valence-electron chi connectivity index (χ2n) is 3.49. The van der Waals surface area contributed by atoms with Crippen molar-refractivity contribution in [2.24, 2.45) is 0 Å². The number of rotatable bonds is 4. The fourth-order valence-corrected chi connectivity index (χ4v) is 1.39. The van der Waals surface area contributed by atoms with Crippen LogP contribution in [0.4, 0.5) is 0 Å². The van der Waals surface area contributed by atoms with Gasteiger partial charge < -0.3 is 9.30 Å². The maximum Gasteiger partial charge on any atom is 0.124 e. The number of aryl methyl sites for hydroxylation is 1. The van der Waals surface area contributed by atoms with Gasteiger partial charge in [-0.25, -0.2) is 4.98 Å². The van der Waals surface area contributed by atoms with E-state index < -0.39 is 0 Å². The average molecular weight is 202 g/mol. The van der Waals surface area contributed by atoms with Crippen LogP contribution >= 0.6 is 0 Å². The van der Waals surface area contributed by atoms with Crippen molar-refractivity contribution in [3.63, 3.8) is 0 Å². The van der Waals surface area contributed by atoms with Crippen LogP contribution in [-0.4, -0.2) is 9.55 Å². The van der Waals surface area contributed by atoms with E-state index in [0.29, 0.717) is 13.3 Å². The molecule has 78 valence electrons. The molecule has 0 aliphatic rings. The zero-order valence-corrected chi connectivity index (χ0v) is 8.76. The Morgan fingerprint density at radius 2 is 2.07 bits per heavy atom. The van der Waals surface area contributed by atoms with Gasteiger partial charge in [0.15, 0.2) is 0 Å². The van der Waals surface area contributed by atoms with Gasteiger partial charge in [-0.05, 0) is 12.5 Å². The topological polar surface area (TPSA) is 27.1 Å². The maximum absolute atomic E-state index is 5.54. The van der Waals surface area contributed by atoms with E-state index in [0.717, 1.165) is 5.69 Å². The first-order chi connectivity index (χ1) is 7.34. The minimum Gasteiger partial charge on any atom is -0.356 e. The molecule has 1 aromatic heterocycles. The summed E-state index contributed by atoms with van der Waals surface area (Å²) in [5.41, 5.74) is 2.20. The Hall–Kier alpha value is -1.61. The third kappa shape index (κ3) is 2.92. The molecular formula is C12H14N2O. The lowest BCUT2D eigenvalue weighted by Crippen LogP contribution is -2.00. The van der Waals surface area contributed by atoms with Crippen LogP contribution in [0.1, 0.15) is 11.3 Å². The number of hydrogen-bond acceptors (Lipinski definition) is 2. The van der Waals surface area contributed by atoms with E-state index in [-0.39, 0.29) is 0 Å². The Balaban J connectivity index is 1.80. The van der Waals surface area contributed by atoms with Crippen LogP contribution in [-0.2, 0) is 18.1 Å². The SMILES string of the molecule is Cc1cn(COCc2ccccc2)cn1. The molecule has 0 saturated carbocycles. The molecule has 1 heterocycles. The minimum atomic E-state index is 0.551. The molecule has 1 aromatic carbocycles. The second kappa shape index (κ2) is 4.75. The largest absolute Gasteiger partial charge is 0.356 e. The number of hydrogen-bond donors (Lipinski definition) is 0. The van der Waals surface area contributed by atoms with Crippen LogP contribution < -0.4 is 0 Å². The lowest BCUT2D eigenvalue weighted by molar-refractivity contribution is 0.0639. The minimum absolute atomic E-state index is 0.551. The van der Waals surface area contributed by atoms with E-state index in [1.54, 1.807) is 6.33 Å². The maximum atomic E-state index is 5.54. The van der Waals surface area contributed by atoms with E-state index in [9.17, 15) is 0 Å². The van der Waals surface area contributed by atoms with Gasteiger partial charge in [0.1, 0.15) is 6.73 Å². The highest BCUT2D eigenvalue weighted by Crippen LogP contribution is 2.01. The molecule has 0 amide bonds. The lowest BCUT2D eigenvalue weighted by atomic mass is 10.2. The highest BCUT2D eigenvalue weighted by Gasteiger charge is 1.94. The summed E-state index contributed by atoms with van der Waals surface area (Å²) < 4.78 is 7.47. The molecule has 0 aliphatic carbocycles. The van der Waals surface area contributed by atoms with Crippen molar-refractivity contribution in [2.75, 3.05) is 0 Å². The van der Waals surface area contributed by atoms with Crippen LogP contribution in [0.5, 0.6) is 0 Å². The van der Waals surface area contributed by atoms with E-state index in [1.165, 1.54) is 5.56 Å². The quantitative estimate of drug-likeness (QED) is 0.761. The van der Waals surface area contributed by atoms with Crippen molar-refractivity contribution >= 4 is 0 Å². The Morgan fingerprint density at radius 3 is 2.73 bits per heavy atom. The first-order valence-electron chi connectivity index (χ1n) is 4.94. The lowest BCUT2D eigenvalue weighted by Gasteiger charge is -2.04. The molecule has 0 spiro atoms. The Kier molecular flexibility index (Phi) is 3.15. The summed E-state index contributed by atoms with van der Waals surface area (Å²) in [5, 5.41) is 0. The van der Waals surface area contributed by atoms with Gasteiger partial charge in [-0.15, -0.1) is 0 Å². The first kappa shape index (κ1) is 9.93. The number of imidazole rings is 1. The summed E-state index contributed by atoms with van der Waals surface area (Å²) in [5.74, 6) is 0. The van der Waals surface area contributed by atoms with Gasteiger partial charge in [-0.2, -0.15) is 0 Å². The molecule has 0 N–H and O–H groups in total. The molecule has 0 radical (unpaired) electrons. The van der Waals surface area contributed by atoms with Crippen LogP contribution in [0.25, 0.3) is 0 Å². The van der Waals surface area contributed by atoms with Crippen molar-refractivity contribution in [1.82, 2.24) is 9.55 Å². The predicted molar refractivity (Wildman–Crippen MR) is 58.2 cm³/mol. The van der Waals surface area contributed by atoms with Crippen LogP contribution in [0, 0.1) is 6.92 Å². The molecule has 2 aromatic rings. The molecule has 2 rings (SSSR count). The molecule has 0 saturated heterocycles. The van der Waals surface area contributed by atoms with Crippen LogP contribution in [0.2, 0.25) is 0 Å². The molecule has 15 heavy (non-hydrogen) atoms. The Bertz CT molecular complexity index is 409. The Labute approximate surface area is 89.3 Å². The first-order valence-corrected chi connectivity index (χ1v) is 4.94. The van der Waals surface area contributed by atoms with Gasteiger partial charge in [0.05, 0.1) is 18.6 Å². The number of benzene rings is 1. The molecule has 0 fully saturated rings. The normalized spacial score (nSPS) is 10.5. The zero-order chi connectivity index (χ0) is 10.5. The molecular weight excluding hydrogens is 188 g/mol. The van der Waals surface area contributed by atoms with Gasteiger partial charge in [-0.3, -0.25) is 0 Å². The molecule has 0 aliphatic heterocycles. The molecule has 3 nitrogen and oxygen atoms in total. The standard InChI is InChI=1S/C12H14N2O/c1-11-7-14(9-13-11)10-15-8-12-5-3-2-4-6-12/h2-7,9H,8,10H2,1H3. The number of nitrogens with zero attached hydrogens (tertiary/aromatic N) is 2. The van der Waals surface area contributed by atoms with E-state index in [1.807, 2.05) is 35.9 Å². The van der Waals surface area contributed by atoms with Gasteiger partial charge in [0.2, 0.25) is 0 Å². The molecule has 3 heteroatoms. The summed E-state index contributed by atoms with van der Waals surface area (Å²) in [6.45, 7) is 3.15. The van der Waals surface area contributed by atoms with Crippen molar-refractivity contribution in [2.45, 2.75) is 20.3 Å². The summed E-state index contributed by atoms with van der Waals surface area (Å²) in [4.78, 5) is 4.13. The highest BCUT2D eigenvalue weighted by atomic mass is 16.5. The molecule has 0 atom stereocenters. The van der Waals surface area contributed by atoms with Crippen molar-refractivity contribution < 1.29 is 4.74 Å². The average Bonchev–Trinajstić information content (AvgIpc) is 2.66. The second-order valence-corrected chi connectivity index (χ2v) is 3.49. The number of aromatic nitrogens is 2. The smallest absolute Gasteiger partial charge is 0.124 e. The Morgan fingerprint density at radius 1 is 1.27 bits per heavy atom. The number of ether oxygens (including phenoxy) is 1. The van der Waals surface area contributed by atoms with Crippen molar-refractivity contribution in [3.05, 3.63) is 54.1 Å². The highest BCUT2D eigenvalue weighted by molar-refractivity contribution is 5.13. The van der Waals surface area contributed by atoms with Gasteiger partial charge in [0, 0.05) is 6.20 Å². The van der Waals surface area contributed by atoms with Crippen molar-refractivity contribution in [1.29, 1.82) is 0 Å². The third-order valence-corrected chi connectivity index (χ3v) is 2.11. The summed E-state index contributed by atoms with van der Waals surface area (Å²) in [7, 11) is 0.